The molecule has 0 aliphatic rings. The van der Waals surface area contributed by atoms with Gasteiger partial charge in [0.1, 0.15) is 10.7 Å². The molecular weight excluding hydrogens is 428 g/mol. The van der Waals surface area contributed by atoms with Crippen molar-refractivity contribution >= 4 is 44.5 Å². The Hall–Kier alpha value is -2.71. The van der Waals surface area contributed by atoms with E-state index in [9.17, 15) is 9.59 Å². The van der Waals surface area contributed by atoms with E-state index in [2.05, 4.69) is 31.0 Å². The van der Waals surface area contributed by atoms with Crippen molar-refractivity contribution in [1.29, 1.82) is 0 Å². The molecule has 27 heavy (non-hydrogen) atoms. The molecule has 2 aromatic carbocycles. The van der Waals surface area contributed by atoms with Crippen LogP contribution < -0.4 is 5.56 Å². The summed E-state index contributed by atoms with van der Waals surface area (Å²) in [6, 6.07) is 15.2. The third kappa shape index (κ3) is 3.72. The van der Waals surface area contributed by atoms with Crippen LogP contribution in [0.1, 0.15) is 16.1 Å². The molecule has 0 fully saturated rings. The summed E-state index contributed by atoms with van der Waals surface area (Å²) in [5.74, 6) is 0.337. The number of H-pyrrole nitrogens is 1. The topological polar surface area (TPSA) is 80.6 Å². The number of benzene rings is 2. The average molecular weight is 441 g/mol. The van der Waals surface area contributed by atoms with E-state index in [1.54, 1.807) is 36.2 Å². The molecule has 0 saturated heterocycles. The lowest BCUT2D eigenvalue weighted by Crippen LogP contribution is -2.17. The van der Waals surface area contributed by atoms with Gasteiger partial charge in [0.25, 0.3) is 11.5 Å². The van der Waals surface area contributed by atoms with Gasteiger partial charge >= 0.3 is 0 Å². The molecule has 0 saturated carbocycles. The Labute approximate surface area is 166 Å². The summed E-state index contributed by atoms with van der Waals surface area (Å²) in [6.07, 6.45) is 3.00. The Morgan fingerprint density at radius 3 is 2.67 bits per heavy atom. The first-order valence-corrected chi connectivity index (χ1v) is 9.83. The van der Waals surface area contributed by atoms with Gasteiger partial charge < -0.3 is 0 Å². The highest BCUT2D eigenvalue weighted by molar-refractivity contribution is 9.10. The molecule has 0 amide bonds. The fraction of sp³-hybridized carbons (Fsp3) is 0.0526. The molecule has 0 aliphatic heterocycles. The van der Waals surface area contributed by atoms with Crippen LogP contribution in [0.4, 0.5) is 0 Å². The molecule has 0 unspecified atom stereocenters. The maximum atomic E-state index is 12.7. The number of fused-ring (bicyclic) bond motifs is 1. The molecule has 0 bridgehead atoms. The molecule has 2 heterocycles. The molecule has 1 N–H and O–H groups in total. The van der Waals surface area contributed by atoms with Crippen LogP contribution in [0.2, 0.25) is 0 Å². The van der Waals surface area contributed by atoms with Gasteiger partial charge in [-0.3, -0.25) is 14.7 Å². The molecule has 0 aliphatic carbocycles. The summed E-state index contributed by atoms with van der Waals surface area (Å²) in [4.78, 5) is 33.3. The first kappa shape index (κ1) is 17.7. The number of aromatic amines is 1. The van der Waals surface area contributed by atoms with Crippen LogP contribution >= 0.6 is 27.7 Å². The van der Waals surface area contributed by atoms with E-state index in [0.717, 1.165) is 15.3 Å². The third-order valence-electron chi connectivity index (χ3n) is 3.94. The number of nitrogens with one attached hydrogen (secondary N) is 1. The van der Waals surface area contributed by atoms with Crippen LogP contribution in [0.25, 0.3) is 10.9 Å². The van der Waals surface area contributed by atoms with Gasteiger partial charge in [0.15, 0.2) is 0 Å². The number of halogens is 1. The van der Waals surface area contributed by atoms with E-state index in [1.807, 2.05) is 30.3 Å². The van der Waals surface area contributed by atoms with E-state index in [-0.39, 0.29) is 11.3 Å². The number of carbonyl (C=O) groups is 1. The fourth-order valence-corrected chi connectivity index (χ4v) is 3.74. The van der Waals surface area contributed by atoms with Crippen molar-refractivity contribution < 1.29 is 4.79 Å². The molecule has 0 radical (unpaired) electrons. The minimum absolute atomic E-state index is 0.162. The number of aromatic nitrogens is 4. The Morgan fingerprint density at radius 2 is 1.93 bits per heavy atom. The summed E-state index contributed by atoms with van der Waals surface area (Å²) in [5, 5.41) is 3.72. The van der Waals surface area contributed by atoms with Gasteiger partial charge in [0.2, 0.25) is 0 Å². The number of rotatable bonds is 4. The summed E-state index contributed by atoms with van der Waals surface area (Å²) < 4.78 is 1.97. The Morgan fingerprint density at radius 1 is 1.11 bits per heavy atom. The second-order valence-corrected chi connectivity index (χ2v) is 7.67. The van der Waals surface area contributed by atoms with E-state index >= 15 is 0 Å². The van der Waals surface area contributed by atoms with Crippen molar-refractivity contribution in [1.82, 2.24) is 19.7 Å². The summed E-state index contributed by atoms with van der Waals surface area (Å²) >= 11 is 4.87. The molecule has 0 spiro atoms. The minimum atomic E-state index is -0.434. The average Bonchev–Trinajstić information content (AvgIpc) is 3.03. The van der Waals surface area contributed by atoms with Crippen LogP contribution in [0, 0.1) is 0 Å². The zero-order valence-corrected chi connectivity index (χ0v) is 16.3. The fourth-order valence-electron chi connectivity index (χ4n) is 2.61. The smallest absolute Gasteiger partial charge is 0.267 e. The number of hydrogen-bond donors (Lipinski definition) is 1. The SMILES string of the molecule is O=C(c1cnc(SCc2ccccc2)cn1)n1[nH]c(=O)c2cc(Br)ccc21. The van der Waals surface area contributed by atoms with Crippen molar-refractivity contribution in [2.24, 2.45) is 0 Å². The monoisotopic (exact) mass is 440 g/mol. The first-order chi connectivity index (χ1) is 13.1. The van der Waals surface area contributed by atoms with Crippen LogP contribution in [-0.4, -0.2) is 25.7 Å². The van der Waals surface area contributed by atoms with Gasteiger partial charge in [0, 0.05) is 10.2 Å². The van der Waals surface area contributed by atoms with Crippen LogP contribution in [0.15, 0.2) is 75.2 Å². The van der Waals surface area contributed by atoms with Crippen molar-refractivity contribution in [3.63, 3.8) is 0 Å². The van der Waals surface area contributed by atoms with E-state index < -0.39 is 5.91 Å². The zero-order chi connectivity index (χ0) is 18.8. The number of nitrogens with zero attached hydrogens (tertiary/aromatic N) is 3. The standard InChI is InChI=1S/C19H13BrN4O2S/c20-13-6-7-16-14(8-13)18(25)23-24(16)19(26)15-9-22-17(10-21-15)27-11-12-4-2-1-3-5-12/h1-10H,11H2,(H,23,25). The normalized spacial score (nSPS) is 11.0. The number of hydrogen-bond acceptors (Lipinski definition) is 5. The molecule has 0 atom stereocenters. The Kier molecular flexibility index (Phi) is 4.91. The Bertz CT molecular complexity index is 1170. The molecule has 2 aromatic heterocycles. The van der Waals surface area contributed by atoms with Gasteiger partial charge in [0.05, 0.1) is 23.3 Å². The summed E-state index contributed by atoms with van der Waals surface area (Å²) in [7, 11) is 0. The molecule has 4 aromatic rings. The molecular formula is C19H13BrN4O2S. The predicted octanol–water partition coefficient (Wildman–Crippen LogP) is 3.86. The van der Waals surface area contributed by atoms with E-state index in [4.69, 9.17) is 0 Å². The van der Waals surface area contributed by atoms with Gasteiger partial charge in [-0.1, -0.05) is 46.3 Å². The highest BCUT2D eigenvalue weighted by Gasteiger charge is 2.16. The predicted molar refractivity (Wildman–Crippen MR) is 108 cm³/mol. The van der Waals surface area contributed by atoms with Gasteiger partial charge in [-0.25, -0.2) is 14.6 Å². The quantitative estimate of drug-likeness (QED) is 0.487. The number of carbonyl (C=O) groups excluding carboxylic acids is 1. The van der Waals surface area contributed by atoms with E-state index in [0.29, 0.717) is 10.9 Å². The van der Waals surface area contributed by atoms with E-state index in [1.165, 1.54) is 16.4 Å². The van der Waals surface area contributed by atoms with Crippen molar-refractivity contribution in [2.75, 3.05) is 0 Å². The van der Waals surface area contributed by atoms with Gasteiger partial charge in [-0.15, -0.1) is 11.8 Å². The highest BCUT2D eigenvalue weighted by Crippen LogP contribution is 2.20. The van der Waals surface area contributed by atoms with Crippen LogP contribution in [0.5, 0.6) is 0 Å². The summed E-state index contributed by atoms with van der Waals surface area (Å²) in [5.41, 5.74) is 1.52. The number of thioether (sulfide) groups is 1. The minimum Gasteiger partial charge on any atom is -0.267 e. The lowest BCUT2D eigenvalue weighted by Gasteiger charge is -2.04. The van der Waals surface area contributed by atoms with Gasteiger partial charge in [-0.2, -0.15) is 0 Å². The molecule has 8 heteroatoms. The first-order valence-electron chi connectivity index (χ1n) is 8.05. The molecule has 6 nitrogen and oxygen atoms in total. The van der Waals surface area contributed by atoms with Gasteiger partial charge in [-0.05, 0) is 23.8 Å². The lowest BCUT2D eigenvalue weighted by molar-refractivity contribution is 0.0944. The van der Waals surface area contributed by atoms with Crippen molar-refractivity contribution in [3.8, 4) is 0 Å². The van der Waals surface area contributed by atoms with Crippen LogP contribution in [-0.2, 0) is 5.75 Å². The second-order valence-electron chi connectivity index (χ2n) is 5.76. The summed E-state index contributed by atoms with van der Waals surface area (Å²) in [6.45, 7) is 0. The Balaban J connectivity index is 1.55. The zero-order valence-electron chi connectivity index (χ0n) is 13.9. The highest BCUT2D eigenvalue weighted by atomic mass is 79.9. The van der Waals surface area contributed by atoms with Crippen molar-refractivity contribution in [3.05, 3.63) is 87.0 Å². The second kappa shape index (κ2) is 7.50. The third-order valence-corrected chi connectivity index (χ3v) is 5.41. The largest absolute Gasteiger partial charge is 0.297 e. The molecule has 4 rings (SSSR count). The van der Waals surface area contributed by atoms with Crippen LogP contribution in [0.3, 0.4) is 0 Å². The molecule has 134 valence electrons. The van der Waals surface area contributed by atoms with Crippen molar-refractivity contribution in [2.45, 2.75) is 10.8 Å². The maximum absolute atomic E-state index is 12.7. The maximum Gasteiger partial charge on any atom is 0.297 e. The lowest BCUT2D eigenvalue weighted by atomic mass is 10.2.